The molecule has 1 amide bonds. The molecule has 5 heteroatoms. The van der Waals surface area contributed by atoms with Crippen LogP contribution in [0.5, 0.6) is 0 Å². The van der Waals surface area contributed by atoms with Crippen molar-refractivity contribution in [2.24, 2.45) is 17.6 Å². The summed E-state index contributed by atoms with van der Waals surface area (Å²) in [7, 11) is 1.34. The molecular weight excluding hydrogens is 208 g/mol. The molecule has 0 aromatic carbocycles. The average molecular weight is 228 g/mol. The number of esters is 1. The highest BCUT2D eigenvalue weighted by atomic mass is 16.5. The number of hydrogen-bond acceptors (Lipinski definition) is 4. The van der Waals surface area contributed by atoms with Gasteiger partial charge in [-0.05, 0) is 25.3 Å². The monoisotopic (exact) mass is 228 g/mol. The Morgan fingerprint density at radius 2 is 2.19 bits per heavy atom. The van der Waals surface area contributed by atoms with Crippen molar-refractivity contribution in [3.05, 3.63) is 0 Å². The molecule has 2 unspecified atom stereocenters. The molecule has 92 valence electrons. The van der Waals surface area contributed by atoms with Crippen LogP contribution < -0.4 is 11.1 Å². The Kier molecular flexibility index (Phi) is 5.25. The molecule has 0 spiro atoms. The molecule has 1 aliphatic carbocycles. The highest BCUT2D eigenvalue weighted by Crippen LogP contribution is 2.30. The smallest absolute Gasteiger partial charge is 0.307 e. The molecule has 1 rings (SSSR count). The van der Waals surface area contributed by atoms with E-state index in [-0.39, 0.29) is 24.2 Å². The fourth-order valence-electron chi connectivity index (χ4n) is 2.19. The lowest BCUT2D eigenvalue weighted by Crippen LogP contribution is -2.36. The van der Waals surface area contributed by atoms with Gasteiger partial charge in [-0.15, -0.1) is 0 Å². The van der Waals surface area contributed by atoms with Gasteiger partial charge < -0.3 is 15.8 Å². The van der Waals surface area contributed by atoms with Crippen molar-refractivity contribution >= 4 is 11.9 Å². The molecule has 16 heavy (non-hydrogen) atoms. The van der Waals surface area contributed by atoms with E-state index in [1.807, 2.05) is 0 Å². The van der Waals surface area contributed by atoms with Crippen LogP contribution in [0.1, 0.15) is 25.7 Å². The highest BCUT2D eigenvalue weighted by Gasteiger charge is 2.31. The van der Waals surface area contributed by atoms with Crippen molar-refractivity contribution in [1.29, 1.82) is 0 Å². The number of hydrogen-bond donors (Lipinski definition) is 2. The minimum Gasteiger partial charge on any atom is -0.469 e. The van der Waals surface area contributed by atoms with Gasteiger partial charge in [0.2, 0.25) is 5.91 Å². The number of carbonyl (C=O) groups excluding carboxylic acids is 2. The fourth-order valence-corrected chi connectivity index (χ4v) is 2.19. The highest BCUT2D eigenvalue weighted by molar-refractivity contribution is 5.80. The predicted octanol–water partition coefficient (Wildman–Crippen LogP) is 0.0407. The second kappa shape index (κ2) is 6.48. The number of nitrogens with one attached hydrogen (secondary N) is 1. The van der Waals surface area contributed by atoms with Crippen LogP contribution in [0.3, 0.4) is 0 Å². The maximum absolute atomic E-state index is 11.8. The molecular formula is C11H20N2O3. The summed E-state index contributed by atoms with van der Waals surface area (Å²) in [4.78, 5) is 22.6. The summed E-state index contributed by atoms with van der Waals surface area (Å²) in [6.07, 6.45) is 3.23. The zero-order valence-corrected chi connectivity index (χ0v) is 9.70. The molecule has 0 aliphatic heterocycles. The van der Waals surface area contributed by atoms with Crippen LogP contribution in [0.2, 0.25) is 0 Å². The Hall–Kier alpha value is -1.10. The van der Waals surface area contributed by atoms with Gasteiger partial charge in [-0.2, -0.15) is 0 Å². The van der Waals surface area contributed by atoms with E-state index in [1.165, 1.54) is 7.11 Å². The minimum absolute atomic E-state index is 0.0249. The Morgan fingerprint density at radius 3 is 2.81 bits per heavy atom. The van der Waals surface area contributed by atoms with Crippen molar-refractivity contribution in [3.8, 4) is 0 Å². The largest absolute Gasteiger partial charge is 0.469 e. The minimum atomic E-state index is -0.304. The molecule has 0 aromatic heterocycles. The standard InChI is InChI=1S/C11H20N2O3/c1-16-10(14)5-6-13-11(15)9-4-2-3-8(9)7-12/h8-9H,2-7,12H2,1H3,(H,13,15). The van der Waals surface area contributed by atoms with Crippen LogP contribution in [-0.4, -0.2) is 32.1 Å². The van der Waals surface area contributed by atoms with E-state index in [4.69, 9.17) is 5.73 Å². The number of methoxy groups -OCH3 is 1. The van der Waals surface area contributed by atoms with Crippen molar-refractivity contribution in [2.75, 3.05) is 20.2 Å². The molecule has 0 bridgehead atoms. The van der Waals surface area contributed by atoms with Crippen LogP contribution >= 0.6 is 0 Å². The van der Waals surface area contributed by atoms with Gasteiger partial charge in [0.05, 0.1) is 13.5 Å². The third-order valence-electron chi connectivity index (χ3n) is 3.15. The molecule has 1 saturated carbocycles. The molecule has 3 N–H and O–H groups in total. The van der Waals surface area contributed by atoms with Gasteiger partial charge in [0, 0.05) is 12.5 Å². The first kappa shape index (κ1) is 13.0. The summed E-state index contributed by atoms with van der Waals surface area (Å²) in [5.74, 6) is 0.0553. The third kappa shape index (κ3) is 3.48. The second-order valence-electron chi connectivity index (χ2n) is 4.15. The van der Waals surface area contributed by atoms with Crippen molar-refractivity contribution < 1.29 is 14.3 Å². The zero-order chi connectivity index (χ0) is 12.0. The van der Waals surface area contributed by atoms with Crippen LogP contribution in [0, 0.1) is 11.8 Å². The van der Waals surface area contributed by atoms with Crippen LogP contribution in [0.25, 0.3) is 0 Å². The Labute approximate surface area is 95.7 Å². The van der Waals surface area contributed by atoms with Crippen molar-refractivity contribution in [2.45, 2.75) is 25.7 Å². The molecule has 0 aromatic rings. The lowest BCUT2D eigenvalue weighted by Gasteiger charge is -2.16. The Balaban J connectivity index is 2.26. The summed E-state index contributed by atoms with van der Waals surface area (Å²) in [6.45, 7) is 0.911. The van der Waals surface area contributed by atoms with Crippen LogP contribution in [0.15, 0.2) is 0 Å². The van der Waals surface area contributed by atoms with Crippen LogP contribution in [-0.2, 0) is 14.3 Å². The van der Waals surface area contributed by atoms with Gasteiger partial charge in [-0.3, -0.25) is 9.59 Å². The summed E-state index contributed by atoms with van der Waals surface area (Å²) < 4.78 is 4.49. The molecule has 1 aliphatic rings. The number of nitrogens with two attached hydrogens (primary N) is 1. The first-order chi connectivity index (χ1) is 7.69. The fraction of sp³-hybridized carbons (Fsp3) is 0.818. The molecule has 5 nitrogen and oxygen atoms in total. The molecule has 2 atom stereocenters. The normalized spacial score (nSPS) is 24.1. The zero-order valence-electron chi connectivity index (χ0n) is 9.70. The molecule has 0 radical (unpaired) electrons. The summed E-state index contributed by atoms with van der Waals surface area (Å²) in [5.41, 5.74) is 5.61. The Bertz CT molecular complexity index is 256. The van der Waals surface area contributed by atoms with E-state index >= 15 is 0 Å². The number of ether oxygens (including phenoxy) is 1. The SMILES string of the molecule is COC(=O)CCNC(=O)C1CCCC1CN. The van der Waals surface area contributed by atoms with Gasteiger partial charge in [-0.25, -0.2) is 0 Å². The number of rotatable bonds is 5. The Morgan fingerprint density at radius 1 is 1.44 bits per heavy atom. The first-order valence-electron chi connectivity index (χ1n) is 5.73. The van der Waals surface area contributed by atoms with Gasteiger partial charge in [0.25, 0.3) is 0 Å². The first-order valence-corrected chi connectivity index (χ1v) is 5.73. The number of carbonyl (C=O) groups is 2. The van der Waals surface area contributed by atoms with E-state index in [1.54, 1.807) is 0 Å². The van der Waals surface area contributed by atoms with E-state index in [2.05, 4.69) is 10.1 Å². The summed E-state index contributed by atoms with van der Waals surface area (Å²) in [6, 6.07) is 0. The van der Waals surface area contributed by atoms with Gasteiger partial charge in [-0.1, -0.05) is 6.42 Å². The van der Waals surface area contributed by atoms with E-state index < -0.39 is 0 Å². The van der Waals surface area contributed by atoms with Gasteiger partial charge in [0.1, 0.15) is 0 Å². The summed E-state index contributed by atoms with van der Waals surface area (Å²) >= 11 is 0. The topological polar surface area (TPSA) is 81.4 Å². The lowest BCUT2D eigenvalue weighted by atomic mass is 9.95. The predicted molar refractivity (Wildman–Crippen MR) is 59.5 cm³/mol. The van der Waals surface area contributed by atoms with Gasteiger partial charge >= 0.3 is 5.97 Å². The lowest BCUT2D eigenvalue weighted by molar-refractivity contribution is -0.140. The maximum Gasteiger partial charge on any atom is 0.307 e. The van der Waals surface area contributed by atoms with E-state index in [0.29, 0.717) is 19.0 Å². The third-order valence-corrected chi connectivity index (χ3v) is 3.15. The number of amides is 1. The molecule has 1 fully saturated rings. The second-order valence-corrected chi connectivity index (χ2v) is 4.15. The van der Waals surface area contributed by atoms with Crippen molar-refractivity contribution in [3.63, 3.8) is 0 Å². The summed E-state index contributed by atoms with van der Waals surface area (Å²) in [5, 5.41) is 2.76. The molecule has 0 heterocycles. The average Bonchev–Trinajstić information content (AvgIpc) is 2.76. The quantitative estimate of drug-likeness (QED) is 0.651. The van der Waals surface area contributed by atoms with E-state index in [9.17, 15) is 9.59 Å². The van der Waals surface area contributed by atoms with Gasteiger partial charge in [0.15, 0.2) is 0 Å². The maximum atomic E-state index is 11.8. The van der Waals surface area contributed by atoms with Crippen LogP contribution in [0.4, 0.5) is 0 Å². The van der Waals surface area contributed by atoms with Crippen molar-refractivity contribution in [1.82, 2.24) is 5.32 Å². The molecule has 0 saturated heterocycles. The van der Waals surface area contributed by atoms with E-state index in [0.717, 1.165) is 19.3 Å².